The lowest BCUT2D eigenvalue weighted by molar-refractivity contribution is -0.0953. The summed E-state index contributed by atoms with van der Waals surface area (Å²) in [5, 5.41) is 14.8. The molecule has 6 rings (SSSR count). The summed E-state index contributed by atoms with van der Waals surface area (Å²) in [5.41, 5.74) is -1.04. The largest absolute Gasteiger partial charge is 0.497 e. The molecule has 438 valence electrons. The van der Waals surface area contributed by atoms with Crippen LogP contribution in [0, 0.1) is 11.3 Å². The number of nitrogens with zero attached hydrogens (tertiary/aromatic N) is 8. The average Bonchev–Trinajstić information content (AvgIpc) is 4.04. The number of benzene rings is 3. The van der Waals surface area contributed by atoms with Gasteiger partial charge in [0.1, 0.15) is 46.6 Å². The first-order valence-corrected chi connectivity index (χ1v) is 27.8. The van der Waals surface area contributed by atoms with Crippen molar-refractivity contribution in [3.63, 3.8) is 0 Å². The Balaban J connectivity index is 1.51. The van der Waals surface area contributed by atoms with Crippen LogP contribution in [0.2, 0.25) is 0 Å². The van der Waals surface area contributed by atoms with E-state index in [4.69, 9.17) is 47.2 Å². The molecule has 5 atom stereocenters. The highest BCUT2D eigenvalue weighted by molar-refractivity contribution is 7.44. The second kappa shape index (κ2) is 28.6. The number of carbonyl (C=O) groups excluding carboxylic acids is 2. The van der Waals surface area contributed by atoms with Crippen molar-refractivity contribution in [2.24, 2.45) is 9.98 Å². The van der Waals surface area contributed by atoms with Gasteiger partial charge in [-0.1, -0.05) is 54.6 Å². The number of ether oxygens (including phenoxy) is 7. The third-order valence-corrected chi connectivity index (χ3v) is 14.2. The first-order chi connectivity index (χ1) is 38.5. The molecule has 1 unspecified atom stereocenters. The van der Waals surface area contributed by atoms with E-state index in [1.165, 1.54) is 12.7 Å². The van der Waals surface area contributed by atoms with Crippen LogP contribution in [0.25, 0.3) is 11.2 Å². The zero-order valence-corrected chi connectivity index (χ0v) is 49.7. The highest BCUT2D eigenvalue weighted by Crippen LogP contribution is 2.51. The molecule has 2 amide bonds. The first-order valence-electron chi connectivity index (χ1n) is 26.7. The number of aliphatic imine (C=N–C) groups is 2. The summed E-state index contributed by atoms with van der Waals surface area (Å²) >= 11 is 0. The number of hydrogen-bond donors (Lipinski definition) is 3. The lowest BCUT2D eigenvalue weighted by atomic mass is 9.80. The minimum Gasteiger partial charge on any atom is -0.497 e. The normalized spacial score (nSPS) is 17.1. The van der Waals surface area contributed by atoms with Crippen LogP contribution in [0.15, 0.2) is 100.0 Å². The molecule has 0 bridgehead atoms. The Hall–Kier alpha value is -7.03. The Morgan fingerprint density at radius 3 is 1.94 bits per heavy atom. The zero-order chi connectivity index (χ0) is 59.1. The molecule has 3 heterocycles. The van der Waals surface area contributed by atoms with E-state index in [1.54, 1.807) is 79.3 Å². The number of nitrogens with one attached hydrogen (secondary N) is 3. The monoisotopic (exact) mass is 1140 g/mol. The summed E-state index contributed by atoms with van der Waals surface area (Å²) < 4.78 is 61.5. The van der Waals surface area contributed by atoms with Crippen molar-refractivity contribution in [1.82, 2.24) is 39.7 Å². The highest BCUT2D eigenvalue weighted by Gasteiger charge is 2.52. The number of hydrogen-bond acceptors (Lipinski definition) is 18. The Kier molecular flexibility index (Phi) is 22.3. The molecule has 5 aromatic rings. The van der Waals surface area contributed by atoms with E-state index in [1.807, 2.05) is 107 Å². The number of rotatable bonds is 24. The van der Waals surface area contributed by atoms with Crippen molar-refractivity contribution in [3.05, 3.63) is 112 Å². The number of methoxy groups -OCH3 is 2. The van der Waals surface area contributed by atoms with Crippen LogP contribution in [-0.2, 0) is 38.3 Å². The van der Waals surface area contributed by atoms with Gasteiger partial charge < -0.3 is 47.1 Å². The molecule has 81 heavy (non-hydrogen) atoms. The van der Waals surface area contributed by atoms with Gasteiger partial charge in [0, 0.05) is 39.3 Å². The molecule has 0 aliphatic carbocycles. The predicted molar refractivity (Wildman–Crippen MR) is 308 cm³/mol. The van der Waals surface area contributed by atoms with Gasteiger partial charge in [0.2, 0.25) is 11.9 Å². The topological polar surface area (TPSA) is 260 Å². The number of alkyl carbamates (subject to hydrolysis) is 2. The molecule has 3 aromatic carbocycles. The number of imidazole rings is 1. The van der Waals surface area contributed by atoms with Gasteiger partial charge in [0.15, 0.2) is 17.4 Å². The molecule has 0 spiro atoms. The minimum absolute atomic E-state index is 0.00355. The van der Waals surface area contributed by atoms with Gasteiger partial charge in [-0.3, -0.25) is 30.0 Å². The van der Waals surface area contributed by atoms with Crippen LogP contribution in [0.4, 0.5) is 15.5 Å². The SMILES string of the molecule is COc1ccc(C(OC[C@H]2O[C@@H](n3cnc4c(=O)[nH]c(/N=C/N(C)C)nc43)[C@H](OCCCN=C(NC(=O)OC(C)(C)C)NC(=O)OC(C)(C)C)[C@@H]2OP(OCCC#N)N(C(C)C)C(C)C)(c2ccccc2)c2ccc(OC)cc2)cc1. The van der Waals surface area contributed by atoms with Gasteiger partial charge in [-0.25, -0.2) is 24.2 Å². The molecular weight excluding hydrogens is 1060 g/mol. The fourth-order valence-corrected chi connectivity index (χ4v) is 10.5. The number of carbonyl (C=O) groups is 2. The maximum Gasteiger partial charge on any atom is 0.414 e. The van der Waals surface area contributed by atoms with Crippen LogP contribution in [0.5, 0.6) is 11.5 Å². The van der Waals surface area contributed by atoms with Crippen LogP contribution in [-0.4, -0.2) is 150 Å². The summed E-state index contributed by atoms with van der Waals surface area (Å²) in [6.07, 6.45) is -2.53. The van der Waals surface area contributed by atoms with Crippen molar-refractivity contribution in [1.29, 1.82) is 5.26 Å². The molecule has 0 radical (unpaired) electrons. The zero-order valence-electron chi connectivity index (χ0n) is 48.8. The smallest absolute Gasteiger partial charge is 0.414 e. The average molecular weight is 1140 g/mol. The number of guanidine groups is 1. The number of nitriles is 1. The molecular formula is C57H78N11O12P. The van der Waals surface area contributed by atoms with E-state index < -0.39 is 67.6 Å². The van der Waals surface area contributed by atoms with Crippen molar-refractivity contribution >= 4 is 50.1 Å². The van der Waals surface area contributed by atoms with Crippen LogP contribution < -0.4 is 25.7 Å². The van der Waals surface area contributed by atoms with Gasteiger partial charge in [-0.05, 0) is 117 Å². The fourth-order valence-electron chi connectivity index (χ4n) is 8.77. The fraction of sp³-hybridized carbons (Fsp3) is 0.509. The van der Waals surface area contributed by atoms with E-state index >= 15 is 0 Å². The van der Waals surface area contributed by atoms with Gasteiger partial charge in [0.05, 0.1) is 52.6 Å². The molecule has 1 aliphatic rings. The second-order valence-electron chi connectivity index (χ2n) is 21.6. The summed E-state index contributed by atoms with van der Waals surface area (Å²) in [5.74, 6) is 1.11. The third-order valence-electron chi connectivity index (χ3n) is 12.0. The summed E-state index contributed by atoms with van der Waals surface area (Å²) in [6, 6.07) is 27.1. The molecule has 1 fully saturated rings. The van der Waals surface area contributed by atoms with E-state index in [2.05, 4.69) is 41.3 Å². The van der Waals surface area contributed by atoms with Crippen LogP contribution in [0.3, 0.4) is 0 Å². The number of fused-ring (bicyclic) bond motifs is 1. The predicted octanol–water partition coefficient (Wildman–Crippen LogP) is 9.11. The third kappa shape index (κ3) is 17.2. The standard InChI is InChI=1S/C57H78N11O12P/c1-37(2)68(38(3)4)81(76-33-18-30-58)80-46-44(34-75-57(39-20-16-15-17-21-39,40-22-26-42(72-13)27-23-40)41-24-28-43(73-14)29-25-41)77-50(67-36-60-45-48(67)62-52(63-49(45)69)61-35-66(11)12)47(46)74-32-19-31-59-51(64-53(70)78-55(5,6)7)65-54(71)79-56(8,9)10/h15-17,20-29,35-38,44,46-47,50H,18-19,31-34H2,1-14H3,(H,62,63,69)(H2,59,64,65,70,71)/b61-35+/t44-,46-,47-,50-,81?/m1/s1. The Morgan fingerprint density at radius 2 is 1.42 bits per heavy atom. The molecule has 0 saturated carbocycles. The Morgan fingerprint density at radius 1 is 0.852 bits per heavy atom. The number of aromatic nitrogens is 4. The molecule has 23 nitrogen and oxygen atoms in total. The van der Waals surface area contributed by atoms with Crippen molar-refractivity contribution in [2.45, 2.75) is 136 Å². The second-order valence-corrected chi connectivity index (χ2v) is 23.0. The van der Waals surface area contributed by atoms with E-state index in [0.29, 0.717) is 11.5 Å². The van der Waals surface area contributed by atoms with Crippen LogP contribution in [0.1, 0.15) is 105 Å². The lowest BCUT2D eigenvalue weighted by Gasteiger charge is -2.39. The molecule has 2 aromatic heterocycles. The number of H-pyrrole nitrogens is 1. The number of amides is 2. The van der Waals surface area contributed by atoms with Gasteiger partial charge >= 0.3 is 12.2 Å². The molecule has 3 N–H and O–H groups in total. The molecule has 1 saturated heterocycles. The molecule has 1 aliphatic heterocycles. The highest BCUT2D eigenvalue weighted by atomic mass is 31.2. The lowest BCUT2D eigenvalue weighted by Crippen LogP contribution is -2.47. The minimum atomic E-state index is -1.97. The van der Waals surface area contributed by atoms with Gasteiger partial charge in [-0.15, -0.1) is 0 Å². The molecule has 24 heteroatoms. The summed E-state index contributed by atoms with van der Waals surface area (Å²) in [7, 11) is 4.82. The van der Waals surface area contributed by atoms with Gasteiger partial charge in [0.25, 0.3) is 14.1 Å². The Labute approximate surface area is 475 Å². The quantitative estimate of drug-likeness (QED) is 0.0171. The van der Waals surface area contributed by atoms with Gasteiger partial charge in [-0.2, -0.15) is 10.2 Å². The van der Waals surface area contributed by atoms with E-state index in [0.717, 1.165) is 16.7 Å². The van der Waals surface area contributed by atoms with Crippen molar-refractivity contribution < 1.29 is 51.8 Å². The van der Waals surface area contributed by atoms with Crippen molar-refractivity contribution in [2.75, 3.05) is 54.7 Å². The summed E-state index contributed by atoms with van der Waals surface area (Å²) in [4.78, 5) is 62.3. The Bertz CT molecular complexity index is 2900. The number of aromatic amines is 1. The maximum atomic E-state index is 13.7. The first kappa shape index (κ1) is 63.2. The van der Waals surface area contributed by atoms with E-state index in [-0.39, 0.29) is 74.4 Å². The van der Waals surface area contributed by atoms with E-state index in [9.17, 15) is 19.6 Å². The summed E-state index contributed by atoms with van der Waals surface area (Å²) in [6.45, 7) is 18.4. The maximum absolute atomic E-state index is 13.7. The van der Waals surface area contributed by atoms with Crippen molar-refractivity contribution in [3.8, 4) is 17.6 Å². The van der Waals surface area contributed by atoms with Crippen LogP contribution >= 0.6 is 8.53 Å².